The highest BCUT2D eigenvalue weighted by Crippen LogP contribution is 1.80. The van der Waals surface area contributed by atoms with Crippen LogP contribution in [0.5, 0.6) is 0 Å². The zero-order chi connectivity index (χ0) is 6.41. The van der Waals surface area contributed by atoms with Gasteiger partial charge in [-0.3, -0.25) is 4.99 Å². The molecule has 0 bridgehead atoms. The van der Waals surface area contributed by atoms with E-state index in [9.17, 15) is 0 Å². The van der Waals surface area contributed by atoms with Gasteiger partial charge < -0.3 is 0 Å². The largest absolute Gasteiger partial charge is 0.277 e. The van der Waals surface area contributed by atoms with Crippen molar-refractivity contribution in [3.05, 3.63) is 0 Å². The molecule has 0 aromatic heterocycles. The Morgan fingerprint density at radius 1 is 1.62 bits per heavy atom. The van der Waals surface area contributed by atoms with Crippen LogP contribution in [-0.4, -0.2) is 19.1 Å². The van der Waals surface area contributed by atoms with Gasteiger partial charge in [0.15, 0.2) is 0 Å². The second-order valence-corrected chi connectivity index (χ2v) is 1.59. The number of aliphatic imine (C=N–C) groups is 2. The Morgan fingerprint density at radius 2 is 2.25 bits per heavy atom. The van der Waals surface area contributed by atoms with E-state index in [0.717, 1.165) is 12.1 Å². The average molecular weight is 112 g/mol. The molecule has 8 heavy (non-hydrogen) atoms. The number of hydrogen-bond acceptors (Lipinski definition) is 1. The fourth-order valence-electron chi connectivity index (χ4n) is 0.248. The molecule has 0 N–H and O–H groups in total. The fraction of sp³-hybridized carbons (Fsp3) is 0.667. The Labute approximate surface area is 50.4 Å². The zero-order valence-electron chi connectivity index (χ0n) is 5.68. The lowest BCUT2D eigenvalue weighted by Gasteiger charge is -1.85. The summed E-state index contributed by atoms with van der Waals surface area (Å²) in [7, 11) is 1.71. The Balaban J connectivity index is 3.57. The molecule has 0 aromatic rings. The summed E-state index contributed by atoms with van der Waals surface area (Å²) < 4.78 is 0. The van der Waals surface area contributed by atoms with Gasteiger partial charge in [-0.15, -0.1) is 0 Å². The maximum atomic E-state index is 3.99. The molecule has 0 aliphatic heterocycles. The predicted octanol–water partition coefficient (Wildman–Crippen LogP) is 1.52. The molecule has 0 spiro atoms. The quantitative estimate of drug-likeness (QED) is 0.382. The topological polar surface area (TPSA) is 24.7 Å². The van der Waals surface area contributed by atoms with Crippen LogP contribution in [0.4, 0.5) is 0 Å². The van der Waals surface area contributed by atoms with Crippen molar-refractivity contribution in [3.8, 4) is 0 Å². The van der Waals surface area contributed by atoms with Crippen molar-refractivity contribution in [2.24, 2.45) is 9.98 Å². The molecule has 0 amide bonds. The molecule has 2 heteroatoms. The third-order valence-electron chi connectivity index (χ3n) is 0.905. The van der Waals surface area contributed by atoms with Crippen molar-refractivity contribution in [2.75, 3.05) is 7.05 Å². The van der Waals surface area contributed by atoms with Crippen LogP contribution in [0, 0.1) is 0 Å². The minimum Gasteiger partial charge on any atom is -0.277 e. The van der Waals surface area contributed by atoms with Crippen LogP contribution in [0.15, 0.2) is 9.98 Å². The summed E-state index contributed by atoms with van der Waals surface area (Å²) in [6.45, 7) is 4.06. The van der Waals surface area contributed by atoms with Gasteiger partial charge in [-0.1, -0.05) is 6.92 Å². The van der Waals surface area contributed by atoms with Gasteiger partial charge in [-0.25, -0.2) is 4.99 Å². The van der Waals surface area contributed by atoms with E-state index in [1.54, 1.807) is 13.4 Å². The van der Waals surface area contributed by atoms with Gasteiger partial charge >= 0.3 is 0 Å². The Hall–Kier alpha value is -0.660. The van der Waals surface area contributed by atoms with E-state index >= 15 is 0 Å². The third kappa shape index (κ3) is 3.53. The van der Waals surface area contributed by atoms with Gasteiger partial charge in [0.2, 0.25) is 0 Å². The van der Waals surface area contributed by atoms with Gasteiger partial charge in [0, 0.05) is 12.8 Å². The maximum absolute atomic E-state index is 3.99. The smallest absolute Gasteiger partial charge is 0.109 e. The highest BCUT2D eigenvalue weighted by molar-refractivity contribution is 5.88. The number of nitrogens with zero attached hydrogens (tertiary/aromatic N) is 2. The molecule has 2 nitrogen and oxygen atoms in total. The van der Waals surface area contributed by atoms with Crippen molar-refractivity contribution >= 4 is 12.1 Å². The summed E-state index contributed by atoms with van der Waals surface area (Å²) >= 11 is 0. The lowest BCUT2D eigenvalue weighted by molar-refractivity contribution is 1.26. The van der Waals surface area contributed by atoms with Gasteiger partial charge in [0.05, 0.1) is 0 Å². The van der Waals surface area contributed by atoms with Crippen LogP contribution in [0.3, 0.4) is 0 Å². The van der Waals surface area contributed by atoms with Gasteiger partial charge in [-0.2, -0.15) is 0 Å². The van der Waals surface area contributed by atoms with Gasteiger partial charge in [0.25, 0.3) is 0 Å². The summed E-state index contributed by atoms with van der Waals surface area (Å²) in [6.07, 6.45) is 2.57. The van der Waals surface area contributed by atoms with Gasteiger partial charge in [0.1, 0.15) is 6.34 Å². The summed E-state index contributed by atoms with van der Waals surface area (Å²) in [4.78, 5) is 7.70. The molecule has 0 fully saturated rings. The van der Waals surface area contributed by atoms with E-state index in [1.807, 2.05) is 6.92 Å². The molecule has 0 aliphatic carbocycles. The molecule has 0 radical (unpaired) electrons. The van der Waals surface area contributed by atoms with E-state index < -0.39 is 0 Å². The monoisotopic (exact) mass is 112 g/mol. The van der Waals surface area contributed by atoms with Crippen molar-refractivity contribution in [2.45, 2.75) is 20.3 Å². The first-order valence-corrected chi connectivity index (χ1v) is 2.75. The van der Waals surface area contributed by atoms with Crippen molar-refractivity contribution in [1.82, 2.24) is 0 Å². The van der Waals surface area contributed by atoms with E-state index in [-0.39, 0.29) is 0 Å². The molecule has 0 heterocycles. The minimum absolute atomic E-state index is 1.01. The molecule has 0 aromatic carbocycles. The zero-order valence-corrected chi connectivity index (χ0v) is 5.68. The standard InChI is InChI=1S/C6H12N2/c1-4-6(2)8-5-7-3/h5H,4H2,1-3H3/b7-5-,8-6?. The average Bonchev–Trinajstić information content (AvgIpc) is 1.83. The molecule has 0 saturated carbocycles. The van der Waals surface area contributed by atoms with Crippen LogP contribution in [0.1, 0.15) is 20.3 Å². The first kappa shape index (κ1) is 7.34. The van der Waals surface area contributed by atoms with E-state index in [2.05, 4.69) is 16.9 Å². The molecule has 46 valence electrons. The Bertz CT molecular complexity index is 103. The first-order valence-electron chi connectivity index (χ1n) is 2.75. The Kier molecular flexibility index (Phi) is 4.13. The molecule has 0 aliphatic rings. The van der Waals surface area contributed by atoms with E-state index in [0.29, 0.717) is 0 Å². The summed E-state index contributed by atoms with van der Waals surface area (Å²) in [5.74, 6) is 0. The predicted molar refractivity (Wildman–Crippen MR) is 37.8 cm³/mol. The second-order valence-electron chi connectivity index (χ2n) is 1.59. The van der Waals surface area contributed by atoms with Crippen LogP contribution in [0.2, 0.25) is 0 Å². The first-order chi connectivity index (χ1) is 3.81. The molecule has 0 rings (SSSR count). The molecule has 0 unspecified atom stereocenters. The van der Waals surface area contributed by atoms with Crippen molar-refractivity contribution in [1.29, 1.82) is 0 Å². The lowest BCUT2D eigenvalue weighted by Crippen LogP contribution is -1.85. The summed E-state index contributed by atoms with van der Waals surface area (Å²) in [5, 5.41) is 0. The van der Waals surface area contributed by atoms with Crippen LogP contribution < -0.4 is 0 Å². The number of rotatable bonds is 2. The van der Waals surface area contributed by atoms with Crippen LogP contribution in [-0.2, 0) is 0 Å². The summed E-state index contributed by atoms with van der Waals surface area (Å²) in [6, 6.07) is 0. The minimum atomic E-state index is 1.01. The molecule has 0 saturated heterocycles. The molecule has 0 atom stereocenters. The van der Waals surface area contributed by atoms with E-state index in [4.69, 9.17) is 0 Å². The molecular weight excluding hydrogens is 100 g/mol. The highest BCUT2D eigenvalue weighted by atomic mass is 14.8. The van der Waals surface area contributed by atoms with Crippen LogP contribution >= 0.6 is 0 Å². The van der Waals surface area contributed by atoms with E-state index in [1.165, 1.54) is 0 Å². The SMILES string of the molecule is CCC(C)=N/C=N\C. The third-order valence-corrected chi connectivity index (χ3v) is 0.905. The van der Waals surface area contributed by atoms with Gasteiger partial charge in [-0.05, 0) is 13.3 Å². The fourth-order valence-corrected chi connectivity index (χ4v) is 0.248. The molecular formula is C6H12N2. The highest BCUT2D eigenvalue weighted by Gasteiger charge is 1.78. The van der Waals surface area contributed by atoms with Crippen molar-refractivity contribution in [3.63, 3.8) is 0 Å². The lowest BCUT2D eigenvalue weighted by atomic mass is 10.3. The summed E-state index contributed by atoms with van der Waals surface area (Å²) in [5.41, 5.74) is 1.12. The normalized spacial score (nSPS) is 13.1. The maximum Gasteiger partial charge on any atom is 0.109 e. The van der Waals surface area contributed by atoms with Crippen molar-refractivity contribution < 1.29 is 0 Å². The Morgan fingerprint density at radius 3 is 2.62 bits per heavy atom. The second kappa shape index (κ2) is 4.50. The van der Waals surface area contributed by atoms with Crippen LogP contribution in [0.25, 0.3) is 0 Å². The number of hydrogen-bond donors (Lipinski definition) is 0.